The number of ether oxygens (including phenoxy) is 2. The molecule has 1 aliphatic rings. The first-order chi connectivity index (χ1) is 22.6. The van der Waals surface area contributed by atoms with Crippen molar-refractivity contribution in [2.24, 2.45) is 17.1 Å². The van der Waals surface area contributed by atoms with Gasteiger partial charge in [0.2, 0.25) is 0 Å². The van der Waals surface area contributed by atoms with Crippen LogP contribution in [-0.2, 0) is 39.2 Å². The van der Waals surface area contributed by atoms with Crippen LogP contribution in [0.25, 0.3) is 11.2 Å². The molecule has 0 amide bonds. The number of nitrogens with one attached hydrogen (secondary N) is 1. The molecule has 48 heavy (non-hydrogen) atoms. The Morgan fingerprint density at radius 1 is 1.23 bits per heavy atom. The molecule has 2 aromatic heterocycles. The summed E-state index contributed by atoms with van der Waals surface area (Å²) in [5.41, 5.74) is 12.3. The van der Waals surface area contributed by atoms with E-state index in [1.807, 2.05) is 30.3 Å². The van der Waals surface area contributed by atoms with Crippen molar-refractivity contribution < 1.29 is 37.8 Å². The molecule has 1 saturated heterocycles. The van der Waals surface area contributed by atoms with Crippen LogP contribution in [0.4, 0.5) is 5.82 Å². The zero-order valence-electron chi connectivity index (χ0n) is 27.4. The van der Waals surface area contributed by atoms with Crippen molar-refractivity contribution in [3.63, 3.8) is 0 Å². The highest BCUT2D eigenvalue weighted by molar-refractivity contribution is 8.13. The molecule has 1 aromatic carbocycles. The summed E-state index contributed by atoms with van der Waals surface area (Å²) in [5.74, 6) is -0.372. The second-order valence-corrected chi connectivity index (χ2v) is 16.3. The number of carbonyl (C=O) groups is 2. The Morgan fingerprint density at radius 2 is 1.94 bits per heavy atom. The van der Waals surface area contributed by atoms with Crippen LogP contribution in [0.2, 0.25) is 0 Å². The van der Waals surface area contributed by atoms with Crippen LogP contribution in [0.1, 0.15) is 46.4 Å². The maximum Gasteiger partial charge on any atom is 0.405 e. The zero-order chi connectivity index (χ0) is 35.3. The Morgan fingerprint density at radius 3 is 2.62 bits per heavy atom. The van der Waals surface area contributed by atoms with Crippen molar-refractivity contribution in [2.75, 3.05) is 31.3 Å². The van der Waals surface area contributed by atoms with Crippen LogP contribution in [0.5, 0.6) is 0 Å². The van der Waals surface area contributed by atoms with Crippen LogP contribution >= 0.6 is 31.1 Å². The van der Waals surface area contributed by atoms with E-state index in [1.54, 1.807) is 39.2 Å². The molecule has 0 saturated carbocycles. The lowest BCUT2D eigenvalue weighted by atomic mass is 9.97. The van der Waals surface area contributed by atoms with E-state index in [4.69, 9.17) is 41.6 Å². The number of fused-ring (bicyclic) bond motifs is 1. The normalized spacial score (nSPS) is 23.3. The molecule has 4 rings (SSSR count). The van der Waals surface area contributed by atoms with Crippen molar-refractivity contribution in [3.8, 4) is 0 Å². The summed E-state index contributed by atoms with van der Waals surface area (Å²) in [6.45, 7) is 8.05. The van der Waals surface area contributed by atoms with Crippen LogP contribution in [0.15, 0.2) is 43.0 Å². The van der Waals surface area contributed by atoms with Gasteiger partial charge in [-0.3, -0.25) is 23.2 Å². The molecule has 15 nitrogen and oxygen atoms in total. The van der Waals surface area contributed by atoms with E-state index >= 15 is 0 Å². The molecule has 0 bridgehead atoms. The first kappa shape index (κ1) is 38.1. The van der Waals surface area contributed by atoms with Gasteiger partial charge in [0, 0.05) is 12.3 Å². The third-order valence-electron chi connectivity index (χ3n) is 7.78. The van der Waals surface area contributed by atoms with E-state index in [-0.39, 0.29) is 49.0 Å². The van der Waals surface area contributed by atoms with Crippen molar-refractivity contribution >= 4 is 59.2 Å². The maximum atomic E-state index is 13.9. The minimum atomic E-state index is -4.03. The Balaban J connectivity index is 1.38. The minimum absolute atomic E-state index is 0.104. The molecule has 6 N–H and O–H groups in total. The Hall–Kier alpha value is -2.66. The van der Waals surface area contributed by atoms with Gasteiger partial charge in [-0.25, -0.2) is 24.6 Å². The average molecular weight is 728 g/mol. The number of halogens is 1. The fraction of sp³-hybridized carbons (Fsp3) is 0.567. The van der Waals surface area contributed by atoms with E-state index in [1.165, 1.54) is 12.7 Å². The number of hydrogen-bond acceptors (Lipinski definition) is 14. The van der Waals surface area contributed by atoms with Gasteiger partial charge in [0.25, 0.3) is 0 Å². The fourth-order valence-electron chi connectivity index (χ4n) is 4.64. The standard InChI is InChI=1S/C30H43ClN7O8PS/c1-18(2)21(32)26(40)43-15-29(3,4)28(41)48-12-11-44-47(42,37-13-19-9-7-6-8-10-19)45-14-20-23(39)30(5,31)27(46-20)38-17-36-22-24(33)34-16-35-25(22)38/h6-10,16-18,20-21,23,27,39H,11-15,32H2,1-5H3,(H,37,42)(H2,33,34,35)/t20-,21-,23-,27-,30-,47+/m1/s1. The zero-order valence-corrected chi connectivity index (χ0v) is 29.9. The molecule has 0 aliphatic carbocycles. The molecular formula is C30H43ClN7O8PS. The van der Waals surface area contributed by atoms with E-state index in [0.717, 1.165) is 17.3 Å². The number of aliphatic hydroxyl groups excluding tert-OH is 1. The molecular weight excluding hydrogens is 685 g/mol. The highest BCUT2D eigenvalue weighted by atomic mass is 35.5. The Bertz CT molecular complexity index is 1610. The SMILES string of the molecule is CC(C)[C@@H](N)C(=O)OCC(C)(C)C(=O)SCCO[P@@](=O)(NCc1ccccc1)OC[C@H]1O[C@@H](n2cnc3c(N)ncnc32)[C@](C)(Cl)[C@@H]1O. The molecule has 0 unspecified atom stereocenters. The summed E-state index contributed by atoms with van der Waals surface area (Å²) in [5, 5.41) is 13.7. The lowest BCUT2D eigenvalue weighted by molar-refractivity contribution is -0.150. The molecule has 3 heterocycles. The third-order valence-corrected chi connectivity index (χ3v) is 10.9. The molecule has 264 valence electrons. The van der Waals surface area contributed by atoms with Gasteiger partial charge >= 0.3 is 13.7 Å². The lowest BCUT2D eigenvalue weighted by Gasteiger charge is -2.26. The second-order valence-electron chi connectivity index (χ2n) is 12.6. The summed E-state index contributed by atoms with van der Waals surface area (Å²) in [4.78, 5) is 36.2. The van der Waals surface area contributed by atoms with Gasteiger partial charge in [0.15, 0.2) is 22.8 Å². The van der Waals surface area contributed by atoms with E-state index in [9.17, 15) is 19.3 Å². The molecule has 1 aliphatic heterocycles. The van der Waals surface area contributed by atoms with E-state index < -0.39 is 48.5 Å². The predicted molar refractivity (Wildman–Crippen MR) is 182 cm³/mol. The van der Waals surface area contributed by atoms with Crippen LogP contribution in [-0.4, -0.2) is 84.4 Å². The Labute approximate surface area is 288 Å². The smallest absolute Gasteiger partial charge is 0.405 e. The summed E-state index contributed by atoms with van der Waals surface area (Å²) in [7, 11) is -4.03. The first-order valence-electron chi connectivity index (χ1n) is 15.3. The number of rotatable bonds is 16. The molecule has 1 fully saturated rings. The van der Waals surface area contributed by atoms with E-state index in [0.29, 0.717) is 11.2 Å². The van der Waals surface area contributed by atoms with Gasteiger partial charge in [-0.15, -0.1) is 11.6 Å². The van der Waals surface area contributed by atoms with Crippen molar-refractivity contribution in [1.82, 2.24) is 24.6 Å². The van der Waals surface area contributed by atoms with Gasteiger partial charge in [-0.1, -0.05) is 55.9 Å². The van der Waals surface area contributed by atoms with Gasteiger partial charge in [-0.2, -0.15) is 0 Å². The van der Waals surface area contributed by atoms with Crippen molar-refractivity contribution in [2.45, 2.75) is 70.5 Å². The van der Waals surface area contributed by atoms with Crippen LogP contribution in [0, 0.1) is 11.3 Å². The van der Waals surface area contributed by atoms with Gasteiger partial charge < -0.3 is 26.0 Å². The predicted octanol–water partition coefficient (Wildman–Crippen LogP) is 3.41. The summed E-state index contributed by atoms with van der Waals surface area (Å²) in [6, 6.07) is 8.43. The summed E-state index contributed by atoms with van der Waals surface area (Å²) < 4.78 is 38.4. The van der Waals surface area contributed by atoms with Gasteiger partial charge in [-0.05, 0) is 32.3 Å². The number of alkyl halides is 1. The number of anilines is 1. The highest BCUT2D eigenvalue weighted by Gasteiger charge is 2.54. The van der Waals surface area contributed by atoms with Crippen molar-refractivity contribution in [1.29, 1.82) is 0 Å². The number of imidazole rings is 1. The number of aliphatic hydroxyl groups is 1. The fourth-order valence-corrected chi connectivity index (χ4v) is 7.17. The number of benzene rings is 1. The number of esters is 1. The monoisotopic (exact) mass is 727 g/mol. The molecule has 0 radical (unpaired) electrons. The number of thioether (sulfide) groups is 1. The summed E-state index contributed by atoms with van der Waals surface area (Å²) in [6.07, 6.45) is -0.496. The highest BCUT2D eigenvalue weighted by Crippen LogP contribution is 2.48. The quantitative estimate of drug-likeness (QED) is 0.0720. The largest absolute Gasteiger partial charge is 0.463 e. The number of hydrogen-bond donors (Lipinski definition) is 4. The first-order valence-corrected chi connectivity index (χ1v) is 18.2. The molecule has 0 spiro atoms. The van der Waals surface area contributed by atoms with E-state index in [2.05, 4.69) is 20.0 Å². The second kappa shape index (κ2) is 15.9. The maximum absolute atomic E-state index is 13.9. The van der Waals surface area contributed by atoms with Crippen LogP contribution < -0.4 is 16.6 Å². The summed E-state index contributed by atoms with van der Waals surface area (Å²) >= 11 is 7.75. The third kappa shape index (κ3) is 9.11. The average Bonchev–Trinajstić information content (AvgIpc) is 3.58. The number of aromatic nitrogens is 4. The Kier molecular flexibility index (Phi) is 12.6. The number of carbonyl (C=O) groups excluding carboxylic acids is 2. The minimum Gasteiger partial charge on any atom is -0.463 e. The van der Waals surface area contributed by atoms with Gasteiger partial charge in [0.05, 0.1) is 25.0 Å². The topological polar surface area (TPSA) is 216 Å². The van der Waals surface area contributed by atoms with Crippen LogP contribution in [0.3, 0.4) is 0 Å². The lowest BCUT2D eigenvalue weighted by Crippen LogP contribution is -2.40. The molecule has 3 aromatic rings. The van der Waals surface area contributed by atoms with Crippen molar-refractivity contribution in [3.05, 3.63) is 48.5 Å². The number of nitrogen functional groups attached to an aromatic ring is 1. The molecule has 6 atom stereocenters. The van der Waals surface area contributed by atoms with Gasteiger partial charge in [0.1, 0.15) is 41.6 Å². The number of nitrogens with two attached hydrogens (primary N) is 2. The molecule has 18 heteroatoms. The number of nitrogens with zero attached hydrogens (tertiary/aromatic N) is 4.